The Balaban J connectivity index is 2.04. The van der Waals surface area contributed by atoms with Gasteiger partial charge in [-0.05, 0) is 41.3 Å². The van der Waals surface area contributed by atoms with E-state index in [1.165, 1.54) is 10.6 Å². The molecule has 0 aromatic carbocycles. The molecule has 1 aromatic heterocycles. The number of nitrogens with zero attached hydrogens (tertiary/aromatic N) is 2. The summed E-state index contributed by atoms with van der Waals surface area (Å²) in [5.74, 6) is -0.0747. The molecule has 0 spiro atoms. The van der Waals surface area contributed by atoms with Crippen LogP contribution in [0.15, 0.2) is 27.6 Å². The number of likely N-dealkylation sites (tertiary alicyclic amines) is 1. The van der Waals surface area contributed by atoms with Gasteiger partial charge in [-0.15, -0.1) is 0 Å². The molecule has 2 rings (SSSR count). The molecule has 104 valence electrons. The molecule has 1 aliphatic heterocycles. The fraction of sp³-hybridized carbons (Fsp3) is 0.538. The quantitative estimate of drug-likeness (QED) is 0.880. The van der Waals surface area contributed by atoms with Crippen molar-refractivity contribution >= 4 is 21.8 Å². The van der Waals surface area contributed by atoms with Gasteiger partial charge >= 0.3 is 0 Å². The van der Waals surface area contributed by atoms with Gasteiger partial charge in [0.05, 0.1) is 6.10 Å². The largest absolute Gasteiger partial charge is 0.393 e. The minimum Gasteiger partial charge on any atom is -0.393 e. The Morgan fingerprint density at radius 1 is 1.37 bits per heavy atom. The smallest absolute Gasteiger partial charge is 0.251 e. The molecule has 1 unspecified atom stereocenters. The van der Waals surface area contributed by atoms with Gasteiger partial charge in [-0.3, -0.25) is 9.59 Å². The summed E-state index contributed by atoms with van der Waals surface area (Å²) in [6, 6.07) is 3.09. The maximum absolute atomic E-state index is 12.2. The lowest BCUT2D eigenvalue weighted by molar-refractivity contribution is -0.131. The molecule has 1 N–H and O–H groups in total. The summed E-state index contributed by atoms with van der Waals surface area (Å²) in [6.45, 7) is 1.26. The van der Waals surface area contributed by atoms with Crippen molar-refractivity contribution in [3.63, 3.8) is 0 Å². The van der Waals surface area contributed by atoms with Gasteiger partial charge in [-0.2, -0.15) is 0 Å². The lowest BCUT2D eigenvalue weighted by Gasteiger charge is -2.20. The molecule has 1 aliphatic rings. The van der Waals surface area contributed by atoms with Crippen LogP contribution in [0.5, 0.6) is 0 Å². The van der Waals surface area contributed by atoms with Crippen molar-refractivity contribution in [1.29, 1.82) is 0 Å². The molecule has 0 radical (unpaired) electrons. The summed E-state index contributed by atoms with van der Waals surface area (Å²) in [5.41, 5.74) is -0.189. The summed E-state index contributed by atoms with van der Waals surface area (Å²) in [4.78, 5) is 25.5. The van der Waals surface area contributed by atoms with Gasteiger partial charge in [0.1, 0.15) is 6.54 Å². The Labute approximate surface area is 120 Å². The van der Waals surface area contributed by atoms with E-state index in [-0.39, 0.29) is 24.1 Å². The van der Waals surface area contributed by atoms with Crippen LogP contribution in [0.3, 0.4) is 0 Å². The third-order valence-electron chi connectivity index (χ3n) is 3.30. The number of amides is 1. The lowest BCUT2D eigenvalue weighted by Crippen LogP contribution is -2.37. The lowest BCUT2D eigenvalue weighted by atomic mass is 10.2. The number of aliphatic hydroxyl groups excluding tert-OH is 1. The average molecular weight is 329 g/mol. The molecule has 1 atom stereocenters. The van der Waals surface area contributed by atoms with Gasteiger partial charge in [-0.1, -0.05) is 0 Å². The summed E-state index contributed by atoms with van der Waals surface area (Å²) >= 11 is 3.28. The van der Waals surface area contributed by atoms with Crippen LogP contribution in [-0.4, -0.2) is 39.7 Å². The molecule has 0 bridgehead atoms. The predicted molar refractivity (Wildman–Crippen MR) is 74.8 cm³/mol. The number of halogens is 1. The molecule has 19 heavy (non-hydrogen) atoms. The van der Waals surface area contributed by atoms with Crippen LogP contribution in [0.2, 0.25) is 0 Å². The van der Waals surface area contributed by atoms with Crippen molar-refractivity contribution in [2.75, 3.05) is 13.1 Å². The maximum atomic E-state index is 12.2. The number of rotatable bonds is 2. The number of aromatic nitrogens is 1. The van der Waals surface area contributed by atoms with Gasteiger partial charge in [0.2, 0.25) is 5.91 Å². The van der Waals surface area contributed by atoms with Gasteiger partial charge in [-0.25, -0.2) is 0 Å². The van der Waals surface area contributed by atoms with Crippen molar-refractivity contribution in [2.45, 2.75) is 31.9 Å². The number of aliphatic hydroxyl groups is 1. The highest BCUT2D eigenvalue weighted by molar-refractivity contribution is 9.10. The summed E-state index contributed by atoms with van der Waals surface area (Å²) < 4.78 is 2.17. The first kappa shape index (κ1) is 14.3. The molecule has 1 fully saturated rings. The third-order valence-corrected chi connectivity index (χ3v) is 3.77. The van der Waals surface area contributed by atoms with Crippen LogP contribution in [0, 0.1) is 0 Å². The molecule has 2 heterocycles. The Morgan fingerprint density at radius 2 is 2.16 bits per heavy atom. The number of carbonyl (C=O) groups excluding carboxylic acids is 1. The minimum absolute atomic E-state index is 0.0500. The highest BCUT2D eigenvalue weighted by Crippen LogP contribution is 2.11. The normalized spacial score (nSPS) is 20.1. The molecule has 0 saturated carbocycles. The van der Waals surface area contributed by atoms with E-state index in [0.29, 0.717) is 19.5 Å². The Hall–Kier alpha value is -1.14. The molecule has 0 aliphatic carbocycles. The van der Waals surface area contributed by atoms with Crippen LogP contribution >= 0.6 is 15.9 Å². The van der Waals surface area contributed by atoms with E-state index in [0.717, 1.165) is 17.3 Å². The fourth-order valence-electron chi connectivity index (χ4n) is 2.20. The first-order valence-electron chi connectivity index (χ1n) is 6.38. The number of hydrogen-bond donors (Lipinski definition) is 1. The maximum Gasteiger partial charge on any atom is 0.251 e. The predicted octanol–water partition coefficient (Wildman–Crippen LogP) is 0.984. The molecule has 1 saturated heterocycles. The van der Waals surface area contributed by atoms with E-state index in [1.54, 1.807) is 17.2 Å². The second-order valence-electron chi connectivity index (χ2n) is 4.78. The molecule has 5 nitrogen and oxygen atoms in total. The number of hydrogen-bond acceptors (Lipinski definition) is 3. The van der Waals surface area contributed by atoms with Gasteiger partial charge in [0, 0.05) is 29.8 Å². The van der Waals surface area contributed by atoms with Crippen LogP contribution in [-0.2, 0) is 11.3 Å². The molecule has 1 amide bonds. The van der Waals surface area contributed by atoms with E-state index in [9.17, 15) is 14.7 Å². The third kappa shape index (κ3) is 3.91. The van der Waals surface area contributed by atoms with Gasteiger partial charge < -0.3 is 14.6 Å². The van der Waals surface area contributed by atoms with E-state index >= 15 is 0 Å². The second-order valence-corrected chi connectivity index (χ2v) is 5.69. The molecule has 6 heteroatoms. The fourth-order valence-corrected chi connectivity index (χ4v) is 2.58. The number of pyridine rings is 1. The summed E-state index contributed by atoms with van der Waals surface area (Å²) in [5, 5.41) is 9.56. The van der Waals surface area contributed by atoms with E-state index < -0.39 is 0 Å². The SMILES string of the molecule is O=C(Cn1cc(Br)ccc1=O)N1CCCC(O)CC1. The van der Waals surface area contributed by atoms with Crippen molar-refractivity contribution < 1.29 is 9.90 Å². The molecular formula is C13H17BrN2O3. The van der Waals surface area contributed by atoms with Crippen molar-refractivity contribution in [2.24, 2.45) is 0 Å². The van der Waals surface area contributed by atoms with E-state index in [2.05, 4.69) is 15.9 Å². The summed E-state index contributed by atoms with van der Waals surface area (Å²) in [7, 11) is 0. The Bertz CT molecular complexity index is 515. The zero-order valence-electron chi connectivity index (χ0n) is 10.6. The topological polar surface area (TPSA) is 62.5 Å². The zero-order valence-corrected chi connectivity index (χ0v) is 12.2. The van der Waals surface area contributed by atoms with Crippen LogP contribution in [0.4, 0.5) is 0 Å². The summed E-state index contributed by atoms with van der Waals surface area (Å²) in [6.07, 6.45) is 3.46. The Kier molecular flexibility index (Phi) is 4.76. The van der Waals surface area contributed by atoms with Crippen LogP contribution in [0.1, 0.15) is 19.3 Å². The molecule has 1 aromatic rings. The first-order chi connectivity index (χ1) is 9.06. The van der Waals surface area contributed by atoms with Gasteiger partial charge in [0.25, 0.3) is 5.56 Å². The zero-order chi connectivity index (χ0) is 13.8. The second kappa shape index (κ2) is 6.34. The van der Waals surface area contributed by atoms with Crippen molar-refractivity contribution in [1.82, 2.24) is 9.47 Å². The van der Waals surface area contributed by atoms with Gasteiger partial charge in [0.15, 0.2) is 0 Å². The van der Waals surface area contributed by atoms with Crippen LogP contribution in [0.25, 0.3) is 0 Å². The highest BCUT2D eigenvalue weighted by Gasteiger charge is 2.19. The monoisotopic (exact) mass is 328 g/mol. The van der Waals surface area contributed by atoms with Crippen LogP contribution < -0.4 is 5.56 Å². The number of carbonyl (C=O) groups is 1. The van der Waals surface area contributed by atoms with Crippen molar-refractivity contribution in [3.8, 4) is 0 Å². The van der Waals surface area contributed by atoms with E-state index in [4.69, 9.17) is 0 Å². The van der Waals surface area contributed by atoms with Crippen molar-refractivity contribution in [3.05, 3.63) is 33.2 Å². The standard InChI is InChI=1S/C13H17BrN2O3/c14-10-3-4-12(18)16(8-10)9-13(19)15-6-1-2-11(17)5-7-15/h3-4,8,11,17H,1-2,5-7,9H2. The Morgan fingerprint density at radius 3 is 2.95 bits per heavy atom. The first-order valence-corrected chi connectivity index (χ1v) is 7.17. The highest BCUT2D eigenvalue weighted by atomic mass is 79.9. The molecular weight excluding hydrogens is 312 g/mol. The minimum atomic E-state index is -0.314. The average Bonchev–Trinajstić information content (AvgIpc) is 2.59. The van der Waals surface area contributed by atoms with E-state index in [1.807, 2.05) is 0 Å².